The molecule has 2 heterocycles. The number of hydrogen-bond acceptors (Lipinski definition) is 2. The van der Waals surface area contributed by atoms with Crippen molar-refractivity contribution in [2.24, 2.45) is 0 Å². The van der Waals surface area contributed by atoms with Gasteiger partial charge in [-0.05, 0) is 37.0 Å². The molecule has 80 valence electrons. The van der Waals surface area contributed by atoms with Gasteiger partial charge >= 0.3 is 0 Å². The van der Waals surface area contributed by atoms with Gasteiger partial charge in [-0.1, -0.05) is 12.1 Å². The molecule has 0 amide bonds. The summed E-state index contributed by atoms with van der Waals surface area (Å²) in [6.07, 6.45) is 2.33. The maximum atomic E-state index is 5.47. The maximum absolute atomic E-state index is 5.47. The van der Waals surface area contributed by atoms with E-state index in [2.05, 4.69) is 30.4 Å². The Labute approximate surface area is 90.6 Å². The molecule has 1 aromatic rings. The molecule has 1 aromatic carbocycles. The van der Waals surface area contributed by atoms with Crippen molar-refractivity contribution in [1.29, 1.82) is 0 Å². The first-order valence-corrected chi connectivity index (χ1v) is 5.73. The van der Waals surface area contributed by atoms with Gasteiger partial charge in [0.2, 0.25) is 0 Å². The lowest BCUT2D eigenvalue weighted by atomic mass is 9.76. The van der Waals surface area contributed by atoms with Crippen LogP contribution in [-0.2, 0) is 10.2 Å². The van der Waals surface area contributed by atoms with Crippen LogP contribution in [0.2, 0.25) is 0 Å². The van der Waals surface area contributed by atoms with E-state index >= 15 is 0 Å². The van der Waals surface area contributed by atoms with E-state index in [4.69, 9.17) is 4.74 Å². The molecule has 3 rings (SSSR count). The van der Waals surface area contributed by atoms with Gasteiger partial charge in [-0.15, -0.1) is 0 Å². The third-order valence-electron chi connectivity index (χ3n) is 3.81. The standard InChI is InChI=1S/C13H17NO/c1-10-2-3-11-12(8-10)14-9-13(11)4-6-15-7-5-13/h2-3,8,14H,4-7,9H2,1H3. The van der Waals surface area contributed by atoms with Crippen LogP contribution in [0.25, 0.3) is 0 Å². The molecule has 1 spiro atoms. The van der Waals surface area contributed by atoms with E-state index in [9.17, 15) is 0 Å². The summed E-state index contributed by atoms with van der Waals surface area (Å²) in [7, 11) is 0. The van der Waals surface area contributed by atoms with Gasteiger partial charge < -0.3 is 10.1 Å². The van der Waals surface area contributed by atoms with Crippen molar-refractivity contribution in [2.75, 3.05) is 25.1 Å². The second kappa shape index (κ2) is 3.24. The fraction of sp³-hybridized carbons (Fsp3) is 0.538. The summed E-state index contributed by atoms with van der Waals surface area (Å²) in [5.74, 6) is 0. The average Bonchev–Trinajstić information content (AvgIpc) is 2.58. The molecule has 2 aliphatic heterocycles. The van der Waals surface area contributed by atoms with Gasteiger partial charge in [-0.3, -0.25) is 0 Å². The molecule has 1 fully saturated rings. The normalized spacial score (nSPS) is 22.5. The molecule has 2 nitrogen and oxygen atoms in total. The first-order valence-electron chi connectivity index (χ1n) is 5.73. The summed E-state index contributed by atoms with van der Waals surface area (Å²) in [5, 5.41) is 3.55. The van der Waals surface area contributed by atoms with Crippen molar-refractivity contribution in [3.63, 3.8) is 0 Å². The van der Waals surface area contributed by atoms with Crippen LogP contribution >= 0.6 is 0 Å². The lowest BCUT2D eigenvalue weighted by Gasteiger charge is -2.33. The Kier molecular flexibility index (Phi) is 1.99. The predicted octanol–water partition coefficient (Wildman–Crippen LogP) is 2.47. The minimum absolute atomic E-state index is 0.362. The Morgan fingerprint density at radius 1 is 1.27 bits per heavy atom. The Bertz CT molecular complexity index is 380. The van der Waals surface area contributed by atoms with Crippen molar-refractivity contribution < 1.29 is 4.74 Å². The number of rotatable bonds is 0. The molecule has 0 radical (unpaired) electrons. The van der Waals surface area contributed by atoms with Gasteiger partial charge in [-0.25, -0.2) is 0 Å². The molecule has 2 aliphatic rings. The van der Waals surface area contributed by atoms with E-state index < -0.39 is 0 Å². The molecular weight excluding hydrogens is 186 g/mol. The lowest BCUT2D eigenvalue weighted by Crippen LogP contribution is -2.35. The van der Waals surface area contributed by atoms with Crippen LogP contribution in [0.4, 0.5) is 5.69 Å². The first kappa shape index (κ1) is 9.22. The minimum Gasteiger partial charge on any atom is -0.384 e. The van der Waals surface area contributed by atoms with E-state index in [0.717, 1.165) is 32.6 Å². The second-order valence-electron chi connectivity index (χ2n) is 4.80. The second-order valence-corrected chi connectivity index (χ2v) is 4.80. The number of ether oxygens (including phenoxy) is 1. The molecule has 0 atom stereocenters. The molecule has 1 N–H and O–H groups in total. The number of fused-ring (bicyclic) bond motifs is 2. The van der Waals surface area contributed by atoms with Gasteiger partial charge in [-0.2, -0.15) is 0 Å². The monoisotopic (exact) mass is 203 g/mol. The van der Waals surface area contributed by atoms with Gasteiger partial charge in [0.05, 0.1) is 0 Å². The third kappa shape index (κ3) is 1.36. The van der Waals surface area contributed by atoms with Crippen molar-refractivity contribution in [2.45, 2.75) is 25.2 Å². The molecule has 0 saturated carbocycles. The average molecular weight is 203 g/mol. The zero-order chi connectivity index (χ0) is 10.3. The summed E-state index contributed by atoms with van der Waals surface area (Å²) in [6.45, 7) is 5.07. The highest BCUT2D eigenvalue weighted by Crippen LogP contribution is 2.43. The minimum atomic E-state index is 0.362. The smallest absolute Gasteiger partial charge is 0.0475 e. The lowest BCUT2D eigenvalue weighted by molar-refractivity contribution is 0.0567. The molecule has 0 bridgehead atoms. The Hall–Kier alpha value is -1.02. The molecule has 15 heavy (non-hydrogen) atoms. The van der Waals surface area contributed by atoms with Crippen molar-refractivity contribution in [1.82, 2.24) is 0 Å². The van der Waals surface area contributed by atoms with Crippen LogP contribution in [0, 0.1) is 6.92 Å². The maximum Gasteiger partial charge on any atom is 0.0475 e. The number of nitrogens with one attached hydrogen (secondary N) is 1. The highest BCUT2D eigenvalue weighted by Gasteiger charge is 2.39. The number of benzene rings is 1. The zero-order valence-corrected chi connectivity index (χ0v) is 9.18. The zero-order valence-electron chi connectivity index (χ0n) is 9.18. The fourth-order valence-electron chi connectivity index (χ4n) is 2.83. The highest BCUT2D eigenvalue weighted by molar-refractivity contribution is 5.61. The number of anilines is 1. The van der Waals surface area contributed by atoms with Crippen molar-refractivity contribution >= 4 is 5.69 Å². The van der Waals surface area contributed by atoms with Crippen molar-refractivity contribution in [3.8, 4) is 0 Å². The summed E-state index contributed by atoms with van der Waals surface area (Å²) in [5.41, 5.74) is 4.56. The largest absolute Gasteiger partial charge is 0.384 e. The Morgan fingerprint density at radius 2 is 2.07 bits per heavy atom. The van der Waals surface area contributed by atoms with Crippen molar-refractivity contribution in [3.05, 3.63) is 29.3 Å². The first-order chi connectivity index (χ1) is 7.30. The number of aryl methyl sites for hydroxylation is 1. The van der Waals surface area contributed by atoms with Crippen LogP contribution < -0.4 is 5.32 Å². The number of hydrogen-bond donors (Lipinski definition) is 1. The molecule has 2 heteroatoms. The van der Waals surface area contributed by atoms with E-state index in [-0.39, 0.29) is 0 Å². The third-order valence-corrected chi connectivity index (χ3v) is 3.81. The van der Waals surface area contributed by atoms with Gasteiger partial charge in [0.15, 0.2) is 0 Å². The summed E-state index contributed by atoms with van der Waals surface area (Å²) < 4.78 is 5.47. The molecule has 1 saturated heterocycles. The van der Waals surface area contributed by atoms with Crippen LogP contribution in [-0.4, -0.2) is 19.8 Å². The van der Waals surface area contributed by atoms with Crippen LogP contribution in [0.15, 0.2) is 18.2 Å². The van der Waals surface area contributed by atoms with Gasteiger partial charge in [0.25, 0.3) is 0 Å². The fourth-order valence-corrected chi connectivity index (χ4v) is 2.83. The van der Waals surface area contributed by atoms with E-state index in [0.29, 0.717) is 5.41 Å². The van der Waals surface area contributed by atoms with E-state index in [1.54, 1.807) is 0 Å². The van der Waals surface area contributed by atoms with Gasteiger partial charge in [0.1, 0.15) is 0 Å². The molecule has 0 unspecified atom stereocenters. The van der Waals surface area contributed by atoms with Gasteiger partial charge in [0, 0.05) is 30.9 Å². The van der Waals surface area contributed by atoms with E-state index in [1.165, 1.54) is 16.8 Å². The molecular formula is C13H17NO. The summed E-state index contributed by atoms with van der Waals surface area (Å²) in [4.78, 5) is 0. The SMILES string of the molecule is Cc1ccc2c(c1)NCC21CCOCC1. The Morgan fingerprint density at radius 3 is 2.87 bits per heavy atom. The summed E-state index contributed by atoms with van der Waals surface area (Å²) in [6, 6.07) is 6.79. The predicted molar refractivity (Wildman–Crippen MR) is 61.4 cm³/mol. The summed E-state index contributed by atoms with van der Waals surface area (Å²) >= 11 is 0. The molecule has 0 aliphatic carbocycles. The van der Waals surface area contributed by atoms with Crippen LogP contribution in [0.3, 0.4) is 0 Å². The quantitative estimate of drug-likeness (QED) is 0.699. The van der Waals surface area contributed by atoms with Crippen LogP contribution in [0.1, 0.15) is 24.0 Å². The van der Waals surface area contributed by atoms with E-state index in [1.807, 2.05) is 0 Å². The van der Waals surface area contributed by atoms with Crippen LogP contribution in [0.5, 0.6) is 0 Å². The molecule has 0 aromatic heterocycles. The topological polar surface area (TPSA) is 21.3 Å². The Balaban J connectivity index is 2.03. The highest BCUT2D eigenvalue weighted by atomic mass is 16.5.